The van der Waals surface area contributed by atoms with Gasteiger partial charge in [-0.2, -0.15) is 0 Å². The van der Waals surface area contributed by atoms with Gasteiger partial charge in [0.1, 0.15) is 0 Å². The molecule has 4 rings (SSSR count). The van der Waals surface area contributed by atoms with E-state index in [-0.39, 0.29) is 0 Å². The molecule has 0 aliphatic carbocycles. The largest absolute Gasteiger partial charge is 0.308 e. The van der Waals surface area contributed by atoms with Crippen molar-refractivity contribution >= 4 is 11.8 Å². The van der Waals surface area contributed by atoms with Crippen LogP contribution in [0.1, 0.15) is 11.3 Å². The lowest BCUT2D eigenvalue weighted by atomic mass is 10.0. The van der Waals surface area contributed by atoms with Gasteiger partial charge >= 0.3 is 0 Å². The molecule has 128 valence electrons. The summed E-state index contributed by atoms with van der Waals surface area (Å²) in [7, 11) is 0. The molecule has 1 heterocycles. The first-order valence-electron chi connectivity index (χ1n) is 8.81. The van der Waals surface area contributed by atoms with E-state index in [1.165, 1.54) is 38.0 Å². The topological polar surface area (TPSA) is 4.93 Å². The van der Waals surface area contributed by atoms with Crippen LogP contribution in [0.2, 0.25) is 0 Å². The quantitative estimate of drug-likeness (QED) is 0.385. The van der Waals surface area contributed by atoms with E-state index < -0.39 is 0 Å². The van der Waals surface area contributed by atoms with Crippen LogP contribution >= 0.6 is 11.8 Å². The van der Waals surface area contributed by atoms with Crippen LogP contribution in [-0.2, 0) is 0 Å². The van der Waals surface area contributed by atoms with Gasteiger partial charge in [-0.15, -0.1) is 0 Å². The Labute approximate surface area is 159 Å². The van der Waals surface area contributed by atoms with Crippen molar-refractivity contribution in [3.63, 3.8) is 0 Å². The number of nitrogens with zero attached hydrogens (tertiary/aromatic N) is 1. The van der Waals surface area contributed by atoms with Crippen LogP contribution in [-0.4, -0.2) is 4.57 Å². The van der Waals surface area contributed by atoms with Crippen molar-refractivity contribution in [2.24, 2.45) is 0 Å². The van der Waals surface area contributed by atoms with E-state index in [0.29, 0.717) is 0 Å². The van der Waals surface area contributed by atoms with Crippen LogP contribution in [0, 0.1) is 13.8 Å². The molecule has 1 nitrogen and oxygen atoms in total. The standard InChI is InChI=1S/C24H21NS/c1-18-19(2)25(21-14-8-4-9-15-21)24(26-22-16-10-5-11-17-22)23(18)20-12-6-3-7-13-20/h3-17H,1-2H3. The maximum absolute atomic E-state index is 2.38. The number of aromatic nitrogens is 1. The van der Waals surface area contributed by atoms with Crippen LogP contribution in [0.5, 0.6) is 0 Å². The summed E-state index contributed by atoms with van der Waals surface area (Å²) in [6.07, 6.45) is 0. The summed E-state index contributed by atoms with van der Waals surface area (Å²) in [5.41, 5.74) is 6.41. The second-order valence-electron chi connectivity index (χ2n) is 6.34. The molecule has 2 heteroatoms. The summed E-state index contributed by atoms with van der Waals surface area (Å²) >= 11 is 1.83. The first-order valence-corrected chi connectivity index (χ1v) is 9.63. The monoisotopic (exact) mass is 355 g/mol. The minimum atomic E-state index is 1.20. The molecule has 0 saturated carbocycles. The Balaban J connectivity index is 1.97. The molecular formula is C24H21NS. The number of para-hydroxylation sites is 1. The van der Waals surface area contributed by atoms with E-state index in [1.54, 1.807) is 0 Å². The van der Waals surface area contributed by atoms with E-state index >= 15 is 0 Å². The fraction of sp³-hybridized carbons (Fsp3) is 0.0833. The Morgan fingerprint density at radius 1 is 0.654 bits per heavy atom. The molecule has 0 aliphatic heterocycles. The molecule has 0 radical (unpaired) electrons. The highest BCUT2D eigenvalue weighted by molar-refractivity contribution is 7.99. The van der Waals surface area contributed by atoms with Crippen LogP contribution in [0.25, 0.3) is 16.8 Å². The molecule has 1 aromatic heterocycles. The van der Waals surface area contributed by atoms with E-state index in [0.717, 1.165) is 0 Å². The first kappa shape index (κ1) is 16.7. The van der Waals surface area contributed by atoms with E-state index in [1.807, 2.05) is 11.8 Å². The zero-order chi connectivity index (χ0) is 17.9. The van der Waals surface area contributed by atoms with Crippen molar-refractivity contribution in [1.82, 2.24) is 4.57 Å². The highest BCUT2D eigenvalue weighted by Gasteiger charge is 2.20. The summed E-state index contributed by atoms with van der Waals surface area (Å²) in [6.45, 7) is 4.44. The maximum Gasteiger partial charge on any atom is 0.0927 e. The molecule has 26 heavy (non-hydrogen) atoms. The lowest BCUT2D eigenvalue weighted by Gasteiger charge is -2.13. The third kappa shape index (κ3) is 3.09. The average molecular weight is 356 g/mol. The zero-order valence-corrected chi connectivity index (χ0v) is 15.8. The Hall–Kier alpha value is -2.71. The normalized spacial score (nSPS) is 10.8. The number of benzene rings is 3. The van der Waals surface area contributed by atoms with Gasteiger partial charge in [-0.1, -0.05) is 78.5 Å². The summed E-state index contributed by atoms with van der Waals surface area (Å²) < 4.78 is 2.38. The predicted molar refractivity (Wildman–Crippen MR) is 111 cm³/mol. The van der Waals surface area contributed by atoms with Gasteiger partial charge < -0.3 is 4.57 Å². The second-order valence-corrected chi connectivity index (χ2v) is 7.40. The average Bonchev–Trinajstić information content (AvgIpc) is 2.94. The van der Waals surface area contributed by atoms with E-state index in [2.05, 4.69) is 109 Å². The minimum Gasteiger partial charge on any atom is -0.308 e. The van der Waals surface area contributed by atoms with Gasteiger partial charge in [0.2, 0.25) is 0 Å². The van der Waals surface area contributed by atoms with Crippen LogP contribution < -0.4 is 0 Å². The summed E-state index contributed by atoms with van der Waals surface area (Å²) in [4.78, 5) is 1.25. The molecule has 0 amide bonds. The highest BCUT2D eigenvalue weighted by atomic mass is 32.2. The Morgan fingerprint density at radius 2 is 1.19 bits per heavy atom. The highest BCUT2D eigenvalue weighted by Crippen LogP contribution is 2.42. The minimum absolute atomic E-state index is 1.20. The lowest BCUT2D eigenvalue weighted by Crippen LogP contribution is -1.98. The molecule has 0 atom stereocenters. The summed E-state index contributed by atoms with van der Waals surface area (Å²) in [5.74, 6) is 0. The molecule has 0 unspecified atom stereocenters. The predicted octanol–water partition coefficient (Wildman–Crippen LogP) is 6.91. The molecule has 0 saturated heterocycles. The molecule has 0 aliphatic rings. The fourth-order valence-corrected chi connectivity index (χ4v) is 4.53. The summed E-state index contributed by atoms with van der Waals surface area (Å²) in [5, 5.41) is 1.27. The van der Waals surface area contributed by atoms with Crippen molar-refractivity contribution in [2.45, 2.75) is 23.8 Å². The van der Waals surface area contributed by atoms with Crippen LogP contribution in [0.15, 0.2) is 101 Å². The van der Waals surface area contributed by atoms with Crippen molar-refractivity contribution in [2.75, 3.05) is 0 Å². The van der Waals surface area contributed by atoms with Gasteiger partial charge in [-0.3, -0.25) is 0 Å². The molecular weight excluding hydrogens is 334 g/mol. The smallest absolute Gasteiger partial charge is 0.0927 e. The summed E-state index contributed by atoms with van der Waals surface area (Å²) in [6, 6.07) is 31.9. The SMILES string of the molecule is Cc1c(-c2ccccc2)c(Sc2ccccc2)n(-c2ccccc2)c1C. The van der Waals surface area contributed by atoms with Gasteiger partial charge in [0.05, 0.1) is 5.03 Å². The van der Waals surface area contributed by atoms with Crippen molar-refractivity contribution in [3.8, 4) is 16.8 Å². The van der Waals surface area contributed by atoms with Crippen molar-refractivity contribution < 1.29 is 0 Å². The number of rotatable bonds is 4. The van der Waals surface area contributed by atoms with Gasteiger partial charge in [0.25, 0.3) is 0 Å². The Bertz CT molecular complexity index is 940. The van der Waals surface area contributed by atoms with Crippen LogP contribution in [0.3, 0.4) is 0 Å². The molecule has 0 N–H and O–H groups in total. The van der Waals surface area contributed by atoms with E-state index in [9.17, 15) is 0 Å². The Kier molecular flexibility index (Phi) is 4.68. The lowest BCUT2D eigenvalue weighted by molar-refractivity contribution is 0.911. The molecule has 0 bridgehead atoms. The van der Waals surface area contributed by atoms with Gasteiger partial charge in [0, 0.05) is 21.8 Å². The van der Waals surface area contributed by atoms with E-state index in [4.69, 9.17) is 0 Å². The maximum atomic E-state index is 2.38. The molecule has 0 fully saturated rings. The number of hydrogen-bond donors (Lipinski definition) is 0. The molecule has 3 aromatic carbocycles. The molecule has 4 aromatic rings. The Morgan fingerprint density at radius 3 is 1.81 bits per heavy atom. The first-order chi connectivity index (χ1) is 12.8. The van der Waals surface area contributed by atoms with Gasteiger partial charge in [-0.25, -0.2) is 0 Å². The number of hydrogen-bond acceptors (Lipinski definition) is 1. The third-order valence-corrected chi connectivity index (χ3v) is 5.79. The second kappa shape index (κ2) is 7.27. The van der Waals surface area contributed by atoms with Gasteiger partial charge in [-0.05, 0) is 49.2 Å². The van der Waals surface area contributed by atoms with Gasteiger partial charge in [0.15, 0.2) is 0 Å². The van der Waals surface area contributed by atoms with Crippen molar-refractivity contribution in [3.05, 3.63) is 102 Å². The van der Waals surface area contributed by atoms with Crippen molar-refractivity contribution in [1.29, 1.82) is 0 Å². The fourth-order valence-electron chi connectivity index (χ4n) is 3.30. The third-order valence-electron chi connectivity index (χ3n) is 4.70. The zero-order valence-electron chi connectivity index (χ0n) is 15.0. The molecule has 0 spiro atoms. The van der Waals surface area contributed by atoms with Crippen LogP contribution in [0.4, 0.5) is 0 Å².